The molecular weight excluding hydrogens is 845 g/mol. The van der Waals surface area contributed by atoms with E-state index in [0.717, 1.165) is 36.5 Å². The molecule has 14 heteroatoms. The first-order valence-electron chi connectivity index (χ1n) is 23.2. The van der Waals surface area contributed by atoms with Crippen molar-refractivity contribution in [2.24, 2.45) is 11.8 Å². The quantitative estimate of drug-likeness (QED) is 0.0683. The zero-order valence-corrected chi connectivity index (χ0v) is 38.5. The normalized spacial score (nSPS) is 14.3. The lowest BCUT2D eigenvalue weighted by Crippen LogP contribution is -2.31. The molecule has 6 aromatic rings. The van der Waals surface area contributed by atoms with E-state index in [-0.39, 0.29) is 35.0 Å². The third-order valence-electron chi connectivity index (χ3n) is 12.1. The third-order valence-corrected chi connectivity index (χ3v) is 12.1. The average molecular weight is 905 g/mol. The van der Waals surface area contributed by atoms with Crippen molar-refractivity contribution in [1.29, 1.82) is 0 Å². The molecular formula is C53H60N8O6. The van der Waals surface area contributed by atoms with Crippen LogP contribution in [0.4, 0.5) is 27.5 Å². The fraction of sp³-hybridized carbons (Fsp3) is 0.340. The Kier molecular flexibility index (Phi) is 15.8. The second-order valence-corrected chi connectivity index (χ2v) is 18.2. The number of nitrogens with zero attached hydrogens (tertiary/aromatic N) is 2. The molecule has 2 aromatic heterocycles. The predicted molar refractivity (Wildman–Crippen MR) is 264 cm³/mol. The maximum Gasteiger partial charge on any atom is 0.412 e. The highest BCUT2D eigenvalue weighted by Gasteiger charge is 2.23. The Bertz CT molecular complexity index is 2740. The molecule has 2 fully saturated rings. The van der Waals surface area contributed by atoms with E-state index in [1.807, 2.05) is 48.5 Å². The molecule has 0 bridgehead atoms. The van der Waals surface area contributed by atoms with Crippen molar-refractivity contribution < 1.29 is 28.7 Å². The molecule has 2 aliphatic rings. The van der Waals surface area contributed by atoms with Gasteiger partial charge in [-0.05, 0) is 118 Å². The Balaban J connectivity index is 0.000000203. The van der Waals surface area contributed by atoms with Gasteiger partial charge in [0.05, 0.1) is 17.1 Å². The van der Waals surface area contributed by atoms with Gasteiger partial charge in [0.25, 0.3) is 23.6 Å². The van der Waals surface area contributed by atoms with Crippen LogP contribution < -0.4 is 32.3 Å². The van der Waals surface area contributed by atoms with Crippen molar-refractivity contribution >= 4 is 74.0 Å². The van der Waals surface area contributed by atoms with Gasteiger partial charge in [-0.1, -0.05) is 87.1 Å². The van der Waals surface area contributed by atoms with Crippen molar-refractivity contribution in [3.63, 3.8) is 0 Å². The standard InChI is InChI=1S/C29H34N4O4.C24H26N4O2/c1-29(2,3)37-28(36)33-23-16-15-22(20-12-7-8-13-21(20)23)26(34)32-24-14-9-17-30-25(24)27(35)31-18-19-10-5-4-6-11-19;25-20-13-12-19(17-9-4-5-10-18(17)20)23(29)28-21-11-6-14-26-22(21)24(30)27-15-16-7-2-1-3-8-16/h7-9,12-17,19H,4-6,10-11,18H2,1-3H3,(H,31,35)(H,32,34)(H,33,36);4-6,9-14,16H,1-3,7-8,15,25H2,(H,27,30)(H,28,29). The van der Waals surface area contributed by atoms with E-state index in [2.05, 4.69) is 36.6 Å². The van der Waals surface area contributed by atoms with E-state index < -0.39 is 11.7 Å². The Hall–Kier alpha value is -7.35. The highest BCUT2D eigenvalue weighted by atomic mass is 16.6. The minimum Gasteiger partial charge on any atom is -0.444 e. The van der Waals surface area contributed by atoms with E-state index in [1.165, 1.54) is 44.7 Å². The summed E-state index contributed by atoms with van der Waals surface area (Å²) in [6.07, 6.45) is 14.5. The van der Waals surface area contributed by atoms with Gasteiger partial charge in [-0.15, -0.1) is 0 Å². The van der Waals surface area contributed by atoms with Gasteiger partial charge in [0.1, 0.15) is 5.60 Å². The van der Waals surface area contributed by atoms with E-state index in [4.69, 9.17) is 10.5 Å². The summed E-state index contributed by atoms with van der Waals surface area (Å²) in [4.78, 5) is 72.8. The van der Waals surface area contributed by atoms with Crippen molar-refractivity contribution in [1.82, 2.24) is 20.6 Å². The number of hydrogen-bond acceptors (Lipinski definition) is 9. The molecule has 2 heterocycles. The summed E-state index contributed by atoms with van der Waals surface area (Å²) >= 11 is 0. The molecule has 2 aliphatic carbocycles. The molecule has 7 N–H and O–H groups in total. The topological polar surface area (TPSA) is 207 Å². The molecule has 0 unspecified atom stereocenters. The van der Waals surface area contributed by atoms with Gasteiger partial charge in [0.15, 0.2) is 11.4 Å². The third kappa shape index (κ3) is 12.7. The molecule has 2 saturated carbocycles. The van der Waals surface area contributed by atoms with Crippen LogP contribution in [0.5, 0.6) is 0 Å². The fourth-order valence-corrected chi connectivity index (χ4v) is 8.72. The number of nitrogens with one attached hydrogen (secondary N) is 5. The summed E-state index contributed by atoms with van der Waals surface area (Å²) < 4.78 is 5.37. The van der Waals surface area contributed by atoms with Crippen LogP contribution in [0, 0.1) is 11.8 Å². The predicted octanol–water partition coefficient (Wildman–Crippen LogP) is 10.5. The lowest BCUT2D eigenvalue weighted by Gasteiger charge is -2.22. The van der Waals surface area contributed by atoms with E-state index >= 15 is 0 Å². The number of carbonyl (C=O) groups excluding carboxylic acids is 5. The van der Waals surface area contributed by atoms with Crippen LogP contribution in [-0.2, 0) is 4.74 Å². The number of ether oxygens (including phenoxy) is 1. The Labute approximate surface area is 391 Å². The molecule has 348 valence electrons. The number of rotatable bonds is 11. The fourth-order valence-electron chi connectivity index (χ4n) is 8.72. The van der Waals surface area contributed by atoms with Crippen LogP contribution in [-0.4, -0.2) is 58.4 Å². The van der Waals surface area contributed by atoms with Crippen molar-refractivity contribution in [2.45, 2.75) is 90.6 Å². The van der Waals surface area contributed by atoms with Gasteiger partial charge in [0, 0.05) is 53.1 Å². The molecule has 5 amide bonds. The first-order chi connectivity index (χ1) is 32.3. The smallest absolute Gasteiger partial charge is 0.412 e. The lowest BCUT2D eigenvalue weighted by molar-refractivity contribution is 0.0635. The number of benzene rings is 4. The van der Waals surface area contributed by atoms with E-state index in [9.17, 15) is 24.0 Å². The summed E-state index contributed by atoms with van der Waals surface area (Å²) in [6.45, 7) is 6.63. The van der Waals surface area contributed by atoms with E-state index in [1.54, 1.807) is 75.5 Å². The van der Waals surface area contributed by atoms with E-state index in [0.29, 0.717) is 69.6 Å². The van der Waals surface area contributed by atoms with Gasteiger partial charge >= 0.3 is 6.09 Å². The van der Waals surface area contributed by atoms with Crippen LogP contribution in [0.2, 0.25) is 0 Å². The molecule has 0 aliphatic heterocycles. The first kappa shape index (κ1) is 47.6. The number of anilines is 4. The molecule has 8 rings (SSSR count). The van der Waals surface area contributed by atoms with Gasteiger partial charge in [0.2, 0.25) is 0 Å². The summed E-state index contributed by atoms with van der Waals surface area (Å²) in [7, 11) is 0. The number of hydrogen-bond donors (Lipinski definition) is 6. The van der Waals surface area contributed by atoms with Crippen molar-refractivity contribution in [3.8, 4) is 0 Å². The highest BCUT2D eigenvalue weighted by Crippen LogP contribution is 2.30. The Morgan fingerprint density at radius 1 is 0.522 bits per heavy atom. The molecule has 67 heavy (non-hydrogen) atoms. The van der Waals surface area contributed by atoms with Gasteiger partial charge in [-0.25, -0.2) is 14.8 Å². The highest BCUT2D eigenvalue weighted by molar-refractivity contribution is 6.18. The number of carbonyl (C=O) groups is 5. The molecule has 0 atom stereocenters. The van der Waals surface area contributed by atoms with Gasteiger partial charge in [-0.3, -0.25) is 24.5 Å². The number of nitrogens with two attached hydrogens (primary N) is 1. The maximum absolute atomic E-state index is 13.3. The molecule has 0 saturated heterocycles. The Morgan fingerprint density at radius 2 is 0.970 bits per heavy atom. The number of nitrogen functional groups attached to an aromatic ring is 1. The zero-order chi connectivity index (χ0) is 47.3. The maximum atomic E-state index is 13.3. The summed E-state index contributed by atoms with van der Waals surface area (Å²) in [5.41, 5.74) is 8.60. The van der Waals surface area contributed by atoms with Crippen LogP contribution in [0.1, 0.15) is 127 Å². The minimum absolute atomic E-state index is 0.180. The van der Waals surface area contributed by atoms with Crippen LogP contribution >= 0.6 is 0 Å². The Morgan fingerprint density at radius 3 is 1.46 bits per heavy atom. The minimum atomic E-state index is -0.635. The lowest BCUT2D eigenvalue weighted by atomic mass is 9.89. The van der Waals surface area contributed by atoms with Gasteiger partial charge < -0.3 is 31.7 Å². The zero-order valence-electron chi connectivity index (χ0n) is 38.5. The first-order valence-corrected chi connectivity index (χ1v) is 23.2. The second kappa shape index (κ2) is 22.2. The molecule has 0 spiro atoms. The molecule has 14 nitrogen and oxygen atoms in total. The van der Waals surface area contributed by atoms with Crippen LogP contribution in [0.3, 0.4) is 0 Å². The average Bonchev–Trinajstić information content (AvgIpc) is 3.33. The van der Waals surface area contributed by atoms with Gasteiger partial charge in [-0.2, -0.15) is 0 Å². The second-order valence-electron chi connectivity index (χ2n) is 18.2. The van der Waals surface area contributed by atoms with Crippen LogP contribution in [0.15, 0.2) is 109 Å². The van der Waals surface area contributed by atoms with Crippen molar-refractivity contribution in [2.75, 3.05) is 34.8 Å². The molecule has 0 radical (unpaired) electrons. The van der Waals surface area contributed by atoms with Crippen molar-refractivity contribution in [3.05, 3.63) is 132 Å². The SMILES string of the molecule is CC(C)(C)OC(=O)Nc1ccc(C(=O)Nc2cccnc2C(=O)NCC2CCCCC2)c2ccccc12.Nc1ccc(C(=O)Nc2cccnc2C(=O)NCC2CCCCC2)c2ccccc12. The molecule has 4 aromatic carbocycles. The number of amides is 5. The monoisotopic (exact) mass is 904 g/mol. The summed E-state index contributed by atoms with van der Waals surface area (Å²) in [5, 5.41) is 17.4. The number of pyridine rings is 2. The number of fused-ring (bicyclic) bond motifs is 2. The van der Waals surface area contributed by atoms with Crippen LogP contribution in [0.25, 0.3) is 21.5 Å². The number of aromatic nitrogens is 2. The summed E-state index contributed by atoms with van der Waals surface area (Å²) in [6, 6.07) is 28.3. The summed E-state index contributed by atoms with van der Waals surface area (Å²) in [5.74, 6) is -0.249. The largest absolute Gasteiger partial charge is 0.444 e.